The number of ether oxygens (including phenoxy) is 4. The van der Waals surface area contributed by atoms with Gasteiger partial charge in [0.25, 0.3) is 5.91 Å². The largest absolute Gasteiger partial charge is 0.497 e. The molecule has 2 aromatic rings. The van der Waals surface area contributed by atoms with Crippen LogP contribution in [-0.2, 0) is 4.79 Å². The van der Waals surface area contributed by atoms with Gasteiger partial charge in [-0.25, -0.2) is 0 Å². The molecule has 0 aliphatic rings. The average molecular weight is 345 g/mol. The topological polar surface area (TPSA) is 66.0 Å². The molecular formula is C19H23NO5. The van der Waals surface area contributed by atoms with E-state index >= 15 is 0 Å². The first-order valence-electron chi connectivity index (χ1n) is 7.95. The van der Waals surface area contributed by atoms with E-state index in [9.17, 15) is 4.79 Å². The number of hydrogen-bond acceptors (Lipinski definition) is 5. The Hall–Kier alpha value is -2.89. The minimum Gasteiger partial charge on any atom is -0.497 e. The molecule has 6 heteroatoms. The first-order valence-corrected chi connectivity index (χ1v) is 7.95. The Morgan fingerprint density at radius 3 is 2.24 bits per heavy atom. The van der Waals surface area contributed by atoms with Crippen LogP contribution in [0.4, 0.5) is 5.69 Å². The highest BCUT2D eigenvalue weighted by atomic mass is 16.5. The minimum absolute atomic E-state index is 0.278. The van der Waals surface area contributed by atoms with Crippen LogP contribution in [0, 0.1) is 0 Å². The Labute approximate surface area is 147 Å². The lowest BCUT2D eigenvalue weighted by Crippen LogP contribution is -2.32. The number of carbonyl (C=O) groups excluding carboxylic acids is 1. The fourth-order valence-electron chi connectivity index (χ4n) is 2.32. The van der Waals surface area contributed by atoms with E-state index < -0.39 is 6.10 Å². The Morgan fingerprint density at radius 1 is 0.960 bits per heavy atom. The maximum Gasteiger partial charge on any atom is 0.265 e. The van der Waals surface area contributed by atoms with Crippen molar-refractivity contribution < 1.29 is 23.7 Å². The third-order valence-electron chi connectivity index (χ3n) is 3.67. The summed E-state index contributed by atoms with van der Waals surface area (Å²) in [6.07, 6.45) is -0.178. The summed E-state index contributed by atoms with van der Waals surface area (Å²) in [6.45, 7) is 1.88. The molecule has 0 aliphatic heterocycles. The van der Waals surface area contributed by atoms with Crippen LogP contribution in [0.15, 0.2) is 42.5 Å². The predicted molar refractivity (Wildman–Crippen MR) is 95.9 cm³/mol. The van der Waals surface area contributed by atoms with E-state index in [-0.39, 0.29) is 5.91 Å². The van der Waals surface area contributed by atoms with Gasteiger partial charge >= 0.3 is 0 Å². The Bertz CT molecular complexity index is 717. The second-order valence-corrected chi connectivity index (χ2v) is 5.22. The van der Waals surface area contributed by atoms with Crippen LogP contribution in [0.1, 0.15) is 13.3 Å². The van der Waals surface area contributed by atoms with Crippen molar-refractivity contribution in [3.05, 3.63) is 42.5 Å². The van der Waals surface area contributed by atoms with Crippen LogP contribution in [0.25, 0.3) is 0 Å². The lowest BCUT2D eigenvalue weighted by Gasteiger charge is -2.19. The van der Waals surface area contributed by atoms with Gasteiger partial charge in [-0.1, -0.05) is 19.1 Å². The van der Waals surface area contributed by atoms with E-state index in [0.717, 1.165) is 0 Å². The molecule has 0 fully saturated rings. The standard InChI is InChI=1S/C19H23NO5/c1-5-15(25-18-9-7-6-8-17(18)24-4)19(21)20-14-12-13(22-2)10-11-16(14)23-3/h6-12,15H,5H2,1-4H3,(H,20,21)/t15-/m1/s1. The second kappa shape index (κ2) is 8.82. The molecule has 2 aromatic carbocycles. The average Bonchev–Trinajstić information content (AvgIpc) is 2.66. The van der Waals surface area contributed by atoms with Gasteiger partial charge in [0.1, 0.15) is 11.5 Å². The molecular weight excluding hydrogens is 322 g/mol. The van der Waals surface area contributed by atoms with Crippen LogP contribution in [0.5, 0.6) is 23.0 Å². The number of hydrogen-bond donors (Lipinski definition) is 1. The maximum atomic E-state index is 12.6. The number of rotatable bonds is 8. The minimum atomic E-state index is -0.674. The van der Waals surface area contributed by atoms with Gasteiger partial charge in [0.05, 0.1) is 27.0 Å². The number of anilines is 1. The lowest BCUT2D eigenvalue weighted by atomic mass is 10.2. The smallest absolute Gasteiger partial charge is 0.265 e. The molecule has 0 bridgehead atoms. The summed E-state index contributed by atoms with van der Waals surface area (Å²) in [6, 6.07) is 12.4. The molecule has 1 atom stereocenters. The summed E-state index contributed by atoms with van der Waals surface area (Å²) >= 11 is 0. The van der Waals surface area contributed by atoms with Crippen LogP contribution in [-0.4, -0.2) is 33.3 Å². The molecule has 134 valence electrons. The maximum absolute atomic E-state index is 12.6. The summed E-state index contributed by atoms with van der Waals surface area (Å²) in [4.78, 5) is 12.6. The molecule has 0 heterocycles. The van der Waals surface area contributed by atoms with Gasteiger partial charge in [-0.3, -0.25) is 4.79 Å². The summed E-state index contributed by atoms with van der Waals surface area (Å²) < 4.78 is 21.6. The summed E-state index contributed by atoms with van der Waals surface area (Å²) in [7, 11) is 4.66. The first-order chi connectivity index (χ1) is 12.1. The third-order valence-corrected chi connectivity index (χ3v) is 3.67. The highest BCUT2D eigenvalue weighted by Gasteiger charge is 2.21. The predicted octanol–water partition coefficient (Wildman–Crippen LogP) is 3.51. The van der Waals surface area contributed by atoms with E-state index in [4.69, 9.17) is 18.9 Å². The van der Waals surface area contributed by atoms with E-state index in [2.05, 4.69) is 5.32 Å². The molecule has 25 heavy (non-hydrogen) atoms. The van der Waals surface area contributed by atoms with Gasteiger partial charge in [0.2, 0.25) is 0 Å². The summed E-state index contributed by atoms with van der Waals surface area (Å²) in [5.41, 5.74) is 0.522. The molecule has 0 radical (unpaired) electrons. The fourth-order valence-corrected chi connectivity index (χ4v) is 2.32. The van der Waals surface area contributed by atoms with Gasteiger partial charge < -0.3 is 24.3 Å². The monoisotopic (exact) mass is 345 g/mol. The Kier molecular flexibility index (Phi) is 6.51. The van der Waals surface area contributed by atoms with Crippen LogP contribution in [0.3, 0.4) is 0 Å². The molecule has 0 unspecified atom stereocenters. The zero-order valence-electron chi connectivity index (χ0n) is 14.9. The quantitative estimate of drug-likeness (QED) is 0.793. The Morgan fingerprint density at radius 2 is 1.64 bits per heavy atom. The highest BCUT2D eigenvalue weighted by molar-refractivity contribution is 5.96. The van der Waals surface area contributed by atoms with E-state index in [1.54, 1.807) is 51.7 Å². The van der Waals surface area contributed by atoms with Crippen molar-refractivity contribution >= 4 is 11.6 Å². The number of amides is 1. The number of para-hydroxylation sites is 2. The molecule has 1 amide bonds. The highest BCUT2D eigenvalue weighted by Crippen LogP contribution is 2.30. The van der Waals surface area contributed by atoms with Crippen molar-refractivity contribution in [2.45, 2.75) is 19.4 Å². The first kappa shape index (κ1) is 18.4. The number of benzene rings is 2. The van der Waals surface area contributed by atoms with Gasteiger partial charge in [0.15, 0.2) is 17.6 Å². The van der Waals surface area contributed by atoms with Gasteiger partial charge in [-0.05, 0) is 30.7 Å². The molecule has 0 spiro atoms. The van der Waals surface area contributed by atoms with Crippen LogP contribution < -0.4 is 24.3 Å². The molecule has 1 N–H and O–H groups in total. The van der Waals surface area contributed by atoms with Gasteiger partial charge in [-0.2, -0.15) is 0 Å². The molecule has 0 aromatic heterocycles. The normalized spacial score (nSPS) is 11.4. The van der Waals surface area contributed by atoms with E-state index in [1.165, 1.54) is 0 Å². The summed E-state index contributed by atoms with van der Waals surface area (Å²) in [5, 5.41) is 2.84. The molecule has 6 nitrogen and oxygen atoms in total. The van der Waals surface area contributed by atoms with Crippen molar-refractivity contribution in [2.75, 3.05) is 26.6 Å². The van der Waals surface area contributed by atoms with Crippen molar-refractivity contribution in [1.82, 2.24) is 0 Å². The lowest BCUT2D eigenvalue weighted by molar-refractivity contribution is -0.122. The summed E-state index contributed by atoms with van der Waals surface area (Å²) in [5.74, 6) is 1.98. The molecule has 2 rings (SSSR count). The molecule has 0 saturated carbocycles. The van der Waals surface area contributed by atoms with E-state index in [1.807, 2.05) is 19.1 Å². The van der Waals surface area contributed by atoms with E-state index in [0.29, 0.717) is 35.1 Å². The van der Waals surface area contributed by atoms with Crippen molar-refractivity contribution in [1.29, 1.82) is 0 Å². The molecule has 0 aliphatic carbocycles. The van der Waals surface area contributed by atoms with Gasteiger partial charge in [0, 0.05) is 6.07 Å². The van der Waals surface area contributed by atoms with Crippen LogP contribution in [0.2, 0.25) is 0 Å². The second-order valence-electron chi connectivity index (χ2n) is 5.22. The zero-order chi connectivity index (χ0) is 18.2. The fraction of sp³-hybridized carbons (Fsp3) is 0.316. The SMILES string of the molecule is CC[C@@H](Oc1ccccc1OC)C(=O)Nc1cc(OC)ccc1OC. The van der Waals surface area contributed by atoms with Crippen molar-refractivity contribution in [2.24, 2.45) is 0 Å². The van der Waals surface area contributed by atoms with Crippen molar-refractivity contribution in [3.8, 4) is 23.0 Å². The number of carbonyl (C=O) groups is 1. The number of nitrogens with one attached hydrogen (secondary N) is 1. The van der Waals surface area contributed by atoms with Gasteiger partial charge in [-0.15, -0.1) is 0 Å². The number of methoxy groups -OCH3 is 3. The molecule has 0 saturated heterocycles. The third kappa shape index (κ3) is 4.56. The van der Waals surface area contributed by atoms with Crippen molar-refractivity contribution in [3.63, 3.8) is 0 Å². The zero-order valence-corrected chi connectivity index (χ0v) is 14.9. The van der Waals surface area contributed by atoms with Crippen LogP contribution >= 0.6 is 0 Å². The Balaban J connectivity index is 2.17.